The van der Waals surface area contributed by atoms with E-state index in [4.69, 9.17) is 4.74 Å². The van der Waals surface area contributed by atoms with Gasteiger partial charge in [-0.05, 0) is 30.7 Å². The molecular formula is C17H18N2O4. The third-order valence-corrected chi connectivity index (χ3v) is 4.16. The fourth-order valence-corrected chi connectivity index (χ4v) is 2.90. The SMILES string of the molecule is CC(Nc1cc(CO)ccc1[N+](=O)[O-])C1COc2ccccc21. The lowest BCUT2D eigenvalue weighted by Crippen LogP contribution is -2.25. The second kappa shape index (κ2) is 6.26. The molecule has 0 saturated carbocycles. The number of anilines is 1. The second-order valence-corrected chi connectivity index (χ2v) is 5.66. The van der Waals surface area contributed by atoms with Crippen LogP contribution in [0.25, 0.3) is 0 Å². The summed E-state index contributed by atoms with van der Waals surface area (Å²) in [7, 11) is 0. The van der Waals surface area contributed by atoms with Crippen LogP contribution in [0.4, 0.5) is 11.4 Å². The van der Waals surface area contributed by atoms with E-state index in [0.717, 1.165) is 11.3 Å². The van der Waals surface area contributed by atoms with Gasteiger partial charge in [-0.1, -0.05) is 18.2 Å². The Kier molecular flexibility index (Phi) is 4.16. The third kappa shape index (κ3) is 2.98. The highest BCUT2D eigenvalue weighted by Gasteiger charge is 2.29. The largest absolute Gasteiger partial charge is 0.493 e. The maximum atomic E-state index is 11.2. The minimum absolute atomic E-state index is 0.00116. The van der Waals surface area contributed by atoms with Crippen molar-refractivity contribution in [3.63, 3.8) is 0 Å². The standard InChI is InChI=1S/C17H18N2O4/c1-11(14-10-23-17-5-3-2-4-13(14)17)18-15-8-12(9-20)6-7-16(15)19(21)22/h2-8,11,14,18,20H,9-10H2,1H3. The van der Waals surface area contributed by atoms with Gasteiger partial charge in [0, 0.05) is 23.6 Å². The highest BCUT2D eigenvalue weighted by molar-refractivity contribution is 5.63. The van der Waals surface area contributed by atoms with Gasteiger partial charge in [0.1, 0.15) is 11.4 Å². The Labute approximate surface area is 133 Å². The smallest absolute Gasteiger partial charge is 0.292 e. The number of aliphatic hydroxyl groups is 1. The molecule has 2 aromatic carbocycles. The van der Waals surface area contributed by atoms with Crippen molar-refractivity contribution in [3.8, 4) is 5.75 Å². The molecule has 1 aliphatic rings. The van der Waals surface area contributed by atoms with Crippen LogP contribution in [0.5, 0.6) is 5.75 Å². The van der Waals surface area contributed by atoms with Crippen LogP contribution >= 0.6 is 0 Å². The topological polar surface area (TPSA) is 84.6 Å². The molecule has 1 heterocycles. The molecule has 0 spiro atoms. The van der Waals surface area contributed by atoms with Crippen LogP contribution in [0, 0.1) is 10.1 Å². The molecule has 120 valence electrons. The molecule has 0 aromatic heterocycles. The van der Waals surface area contributed by atoms with E-state index in [1.54, 1.807) is 12.1 Å². The summed E-state index contributed by atoms with van der Waals surface area (Å²) in [6.45, 7) is 2.36. The second-order valence-electron chi connectivity index (χ2n) is 5.66. The minimum Gasteiger partial charge on any atom is -0.493 e. The van der Waals surface area contributed by atoms with Gasteiger partial charge >= 0.3 is 0 Å². The molecule has 1 aliphatic heterocycles. The van der Waals surface area contributed by atoms with Crippen LogP contribution in [-0.2, 0) is 6.61 Å². The lowest BCUT2D eigenvalue weighted by Gasteiger charge is -2.21. The zero-order valence-corrected chi connectivity index (χ0v) is 12.7. The lowest BCUT2D eigenvalue weighted by atomic mass is 9.94. The van der Waals surface area contributed by atoms with Crippen LogP contribution < -0.4 is 10.1 Å². The molecule has 3 rings (SSSR count). The van der Waals surface area contributed by atoms with Crippen molar-refractivity contribution in [1.29, 1.82) is 0 Å². The molecule has 2 N–H and O–H groups in total. The summed E-state index contributed by atoms with van der Waals surface area (Å²) >= 11 is 0. The van der Waals surface area contributed by atoms with Crippen LogP contribution in [0.15, 0.2) is 42.5 Å². The van der Waals surface area contributed by atoms with E-state index in [0.29, 0.717) is 17.9 Å². The Morgan fingerprint density at radius 3 is 2.91 bits per heavy atom. The number of rotatable bonds is 5. The van der Waals surface area contributed by atoms with Gasteiger partial charge in [0.25, 0.3) is 5.69 Å². The highest BCUT2D eigenvalue weighted by Crippen LogP contribution is 2.37. The predicted octanol–water partition coefficient (Wildman–Crippen LogP) is 3.06. The molecule has 0 saturated heterocycles. The number of benzene rings is 2. The quantitative estimate of drug-likeness (QED) is 0.654. The molecular weight excluding hydrogens is 296 g/mol. The number of fused-ring (bicyclic) bond motifs is 1. The van der Waals surface area contributed by atoms with Gasteiger partial charge in [0.15, 0.2) is 0 Å². The van der Waals surface area contributed by atoms with Gasteiger partial charge in [0.2, 0.25) is 0 Å². The van der Waals surface area contributed by atoms with Crippen LogP contribution in [0.1, 0.15) is 24.0 Å². The van der Waals surface area contributed by atoms with E-state index < -0.39 is 4.92 Å². The first-order valence-electron chi connectivity index (χ1n) is 7.46. The van der Waals surface area contributed by atoms with Gasteiger partial charge in [-0.3, -0.25) is 10.1 Å². The maximum absolute atomic E-state index is 11.2. The van der Waals surface area contributed by atoms with Gasteiger partial charge in [-0.25, -0.2) is 0 Å². The fraction of sp³-hybridized carbons (Fsp3) is 0.294. The summed E-state index contributed by atoms with van der Waals surface area (Å²) in [5.41, 5.74) is 2.15. The first-order chi connectivity index (χ1) is 11.1. The number of nitrogens with zero attached hydrogens (tertiary/aromatic N) is 1. The summed E-state index contributed by atoms with van der Waals surface area (Å²) in [6, 6.07) is 12.4. The van der Waals surface area contributed by atoms with Crippen molar-refractivity contribution in [2.24, 2.45) is 0 Å². The molecule has 6 heteroatoms. The van der Waals surface area contributed by atoms with E-state index in [-0.39, 0.29) is 24.3 Å². The van der Waals surface area contributed by atoms with Gasteiger partial charge in [0.05, 0.1) is 18.1 Å². The Morgan fingerprint density at radius 2 is 2.17 bits per heavy atom. The van der Waals surface area contributed by atoms with Crippen molar-refractivity contribution in [2.75, 3.05) is 11.9 Å². The predicted molar refractivity (Wildman–Crippen MR) is 86.8 cm³/mol. The molecule has 0 aliphatic carbocycles. The molecule has 0 radical (unpaired) electrons. The average Bonchev–Trinajstić information content (AvgIpc) is 2.98. The van der Waals surface area contributed by atoms with Crippen molar-refractivity contribution in [1.82, 2.24) is 0 Å². The lowest BCUT2D eigenvalue weighted by molar-refractivity contribution is -0.384. The van der Waals surface area contributed by atoms with Crippen LogP contribution in [-0.4, -0.2) is 22.7 Å². The van der Waals surface area contributed by atoms with Gasteiger partial charge < -0.3 is 15.2 Å². The number of hydrogen-bond acceptors (Lipinski definition) is 5. The monoisotopic (exact) mass is 314 g/mol. The zero-order valence-electron chi connectivity index (χ0n) is 12.7. The van der Waals surface area contributed by atoms with E-state index in [2.05, 4.69) is 5.32 Å². The Morgan fingerprint density at radius 1 is 1.39 bits per heavy atom. The van der Waals surface area contributed by atoms with E-state index in [1.165, 1.54) is 6.07 Å². The molecule has 2 unspecified atom stereocenters. The Balaban J connectivity index is 1.86. The molecule has 2 aromatic rings. The van der Waals surface area contributed by atoms with Crippen molar-refractivity contribution < 1.29 is 14.8 Å². The number of aliphatic hydroxyl groups excluding tert-OH is 1. The molecule has 23 heavy (non-hydrogen) atoms. The van der Waals surface area contributed by atoms with E-state index in [9.17, 15) is 15.2 Å². The first kappa shape index (κ1) is 15.3. The molecule has 6 nitrogen and oxygen atoms in total. The maximum Gasteiger partial charge on any atom is 0.292 e. The normalized spacial score (nSPS) is 17.2. The summed E-state index contributed by atoms with van der Waals surface area (Å²) in [5.74, 6) is 0.980. The molecule has 0 amide bonds. The Hall–Kier alpha value is -2.60. The average molecular weight is 314 g/mol. The fourth-order valence-electron chi connectivity index (χ4n) is 2.90. The summed E-state index contributed by atoms with van der Waals surface area (Å²) in [4.78, 5) is 10.8. The number of para-hydroxylation sites is 1. The number of nitro groups is 1. The summed E-state index contributed by atoms with van der Waals surface area (Å²) in [5, 5.41) is 23.7. The number of hydrogen-bond donors (Lipinski definition) is 2. The number of nitro benzene ring substituents is 1. The van der Waals surface area contributed by atoms with Crippen molar-refractivity contribution >= 4 is 11.4 Å². The molecule has 0 fully saturated rings. The van der Waals surface area contributed by atoms with Crippen LogP contribution in [0.3, 0.4) is 0 Å². The first-order valence-corrected chi connectivity index (χ1v) is 7.46. The van der Waals surface area contributed by atoms with Gasteiger partial charge in [-0.15, -0.1) is 0 Å². The van der Waals surface area contributed by atoms with E-state index >= 15 is 0 Å². The van der Waals surface area contributed by atoms with Crippen LogP contribution in [0.2, 0.25) is 0 Å². The van der Waals surface area contributed by atoms with Crippen molar-refractivity contribution in [3.05, 3.63) is 63.7 Å². The summed E-state index contributed by atoms with van der Waals surface area (Å²) < 4.78 is 5.68. The number of nitrogens with one attached hydrogen (secondary N) is 1. The molecule has 2 atom stereocenters. The molecule has 0 bridgehead atoms. The minimum atomic E-state index is -0.421. The summed E-state index contributed by atoms with van der Waals surface area (Å²) in [6.07, 6.45) is 0. The Bertz CT molecular complexity index is 732. The van der Waals surface area contributed by atoms with Gasteiger partial charge in [-0.2, -0.15) is 0 Å². The van der Waals surface area contributed by atoms with Crippen molar-refractivity contribution in [2.45, 2.75) is 25.5 Å². The number of ether oxygens (including phenoxy) is 1. The highest BCUT2D eigenvalue weighted by atomic mass is 16.6. The zero-order chi connectivity index (χ0) is 16.4. The third-order valence-electron chi connectivity index (χ3n) is 4.16. The van der Waals surface area contributed by atoms with E-state index in [1.807, 2.05) is 31.2 Å².